The van der Waals surface area contributed by atoms with E-state index in [1.165, 1.54) is 0 Å². The van der Waals surface area contributed by atoms with Gasteiger partial charge in [0, 0.05) is 44.6 Å². The van der Waals surface area contributed by atoms with Crippen LogP contribution in [0.4, 0.5) is 21.4 Å². The lowest BCUT2D eigenvalue weighted by molar-refractivity contribution is 0.0801. The predicted octanol–water partition coefficient (Wildman–Crippen LogP) is 1.75. The number of imidazole rings is 1. The molecule has 0 saturated carbocycles. The summed E-state index contributed by atoms with van der Waals surface area (Å²) in [5, 5.41) is 15.4. The number of rotatable bonds is 4. The minimum absolute atomic E-state index is 0.206. The fourth-order valence-electron chi connectivity index (χ4n) is 3.76. The van der Waals surface area contributed by atoms with E-state index >= 15 is 0 Å². The average molecular weight is 523 g/mol. The Kier molecular flexibility index (Phi) is 7.92. The van der Waals surface area contributed by atoms with Gasteiger partial charge < -0.3 is 35.1 Å². The second-order valence-corrected chi connectivity index (χ2v) is 8.17. The van der Waals surface area contributed by atoms with E-state index in [1.807, 2.05) is 4.57 Å². The van der Waals surface area contributed by atoms with Crippen LogP contribution < -0.4 is 10.6 Å². The van der Waals surface area contributed by atoms with E-state index in [4.69, 9.17) is 47.0 Å². The van der Waals surface area contributed by atoms with Crippen LogP contribution in [0.5, 0.6) is 0 Å². The van der Waals surface area contributed by atoms with Crippen LogP contribution in [0.1, 0.15) is 6.42 Å². The van der Waals surface area contributed by atoms with Crippen LogP contribution in [-0.2, 0) is 20.8 Å². The number of hydrogen-bond acceptors (Lipinski definition) is 12. The summed E-state index contributed by atoms with van der Waals surface area (Å²) in [6.45, 7) is 4.92. The van der Waals surface area contributed by atoms with E-state index in [9.17, 15) is 9.59 Å². The molecule has 192 valence electrons. The van der Waals surface area contributed by atoms with Gasteiger partial charge in [-0.1, -0.05) is 0 Å². The number of halogens is 1. The molecule has 36 heavy (non-hydrogen) atoms. The van der Waals surface area contributed by atoms with Crippen LogP contribution >= 0.6 is 11.6 Å². The Morgan fingerprint density at radius 1 is 1.08 bits per heavy atom. The molecular formula is C20H23ClN8O7. The Hall–Kier alpha value is -3.82. The molecule has 5 rings (SSSR count). The first-order chi connectivity index (χ1) is 17.3. The molecule has 16 heteroatoms. The van der Waals surface area contributed by atoms with Gasteiger partial charge in [-0.3, -0.25) is 4.57 Å². The number of nitrogens with two attached hydrogens (primary N) is 1. The summed E-state index contributed by atoms with van der Waals surface area (Å²) in [5.74, 6) is 1.85. The number of nitrogen functional groups attached to an aromatic ring is 1. The summed E-state index contributed by atoms with van der Waals surface area (Å²) in [6.07, 6.45) is 0.621. The number of carboxylic acid groups (broad SMARTS) is 2. The first kappa shape index (κ1) is 25.3. The fourth-order valence-corrected chi connectivity index (χ4v) is 3.99. The van der Waals surface area contributed by atoms with Crippen molar-refractivity contribution in [3.05, 3.63) is 17.7 Å². The zero-order valence-corrected chi connectivity index (χ0v) is 19.7. The van der Waals surface area contributed by atoms with Gasteiger partial charge in [0.1, 0.15) is 0 Å². The molecule has 0 aliphatic carbocycles. The highest BCUT2D eigenvalue weighted by Gasteiger charge is 2.25. The SMILES string of the molecule is Nc1ncc(-c2nc(N3CCOCC3)c3nc(Cl)n(CC4CCOC4)c3n2)cn1.O=C(O)OC(=O)O. The maximum Gasteiger partial charge on any atom is 0.516 e. The zero-order chi connectivity index (χ0) is 25.7. The van der Waals surface area contributed by atoms with Crippen LogP contribution in [0, 0.1) is 5.92 Å². The third-order valence-corrected chi connectivity index (χ3v) is 5.70. The molecule has 2 aliphatic rings. The van der Waals surface area contributed by atoms with Crippen molar-refractivity contribution in [3.63, 3.8) is 0 Å². The minimum atomic E-state index is -1.81. The normalized spacial score (nSPS) is 17.5. The monoisotopic (exact) mass is 522 g/mol. The first-order valence-electron chi connectivity index (χ1n) is 10.9. The molecule has 0 amide bonds. The number of hydrogen-bond donors (Lipinski definition) is 3. The van der Waals surface area contributed by atoms with Gasteiger partial charge in [0.15, 0.2) is 22.8 Å². The van der Waals surface area contributed by atoms with Crippen molar-refractivity contribution in [1.29, 1.82) is 0 Å². The van der Waals surface area contributed by atoms with Gasteiger partial charge in [0.2, 0.25) is 11.2 Å². The van der Waals surface area contributed by atoms with Gasteiger partial charge in [0.05, 0.1) is 25.4 Å². The maximum atomic E-state index is 9.21. The van der Waals surface area contributed by atoms with E-state index in [-0.39, 0.29) is 5.95 Å². The Balaban J connectivity index is 0.000000384. The van der Waals surface area contributed by atoms with E-state index in [1.54, 1.807) is 12.4 Å². The standard InChI is InChI=1S/C18H21ClN8O2.C2H2O5/c19-17-23-13-15(26-2-5-28-6-3-26)24-14(12-7-21-18(20)22-8-12)25-16(13)27(17)9-11-1-4-29-10-11;3-1(4)7-2(5)6/h7-8,11H,1-6,9-10H2,(H2,20,21,22);(H,3,4)(H,5,6). The van der Waals surface area contributed by atoms with Crippen LogP contribution in [0.2, 0.25) is 5.28 Å². The van der Waals surface area contributed by atoms with E-state index < -0.39 is 12.3 Å². The molecule has 15 nitrogen and oxygen atoms in total. The number of anilines is 2. The van der Waals surface area contributed by atoms with E-state index in [2.05, 4.69) is 24.6 Å². The van der Waals surface area contributed by atoms with Gasteiger partial charge in [-0.15, -0.1) is 0 Å². The molecule has 2 fully saturated rings. The molecule has 5 heterocycles. The smallest absolute Gasteiger partial charge is 0.449 e. The third-order valence-electron chi connectivity index (χ3n) is 5.41. The fraction of sp³-hybridized carbons (Fsp3) is 0.450. The molecule has 3 aromatic heterocycles. The highest BCUT2D eigenvalue weighted by atomic mass is 35.5. The van der Waals surface area contributed by atoms with Crippen LogP contribution in [0.15, 0.2) is 12.4 Å². The topological polar surface area (TPSA) is 201 Å². The van der Waals surface area contributed by atoms with Crippen molar-refractivity contribution in [2.45, 2.75) is 13.0 Å². The van der Waals surface area contributed by atoms with Gasteiger partial charge in [0.25, 0.3) is 0 Å². The molecule has 0 radical (unpaired) electrons. The van der Waals surface area contributed by atoms with Crippen LogP contribution in [0.25, 0.3) is 22.6 Å². The van der Waals surface area contributed by atoms with E-state index in [0.717, 1.165) is 38.5 Å². The zero-order valence-electron chi connectivity index (χ0n) is 18.9. The average Bonchev–Trinajstić information content (AvgIpc) is 3.47. The Bertz CT molecular complexity index is 1220. The first-order valence-corrected chi connectivity index (χ1v) is 11.3. The van der Waals surface area contributed by atoms with E-state index in [0.29, 0.717) is 53.5 Å². The van der Waals surface area contributed by atoms with Crippen molar-refractivity contribution in [1.82, 2.24) is 29.5 Å². The molecule has 0 spiro atoms. The maximum absolute atomic E-state index is 9.21. The van der Waals surface area contributed by atoms with Gasteiger partial charge >= 0.3 is 12.3 Å². The number of carbonyl (C=O) groups is 2. The Labute approximate surface area is 208 Å². The summed E-state index contributed by atoms with van der Waals surface area (Å²) in [6, 6.07) is 0. The predicted molar refractivity (Wildman–Crippen MR) is 125 cm³/mol. The van der Waals surface area contributed by atoms with Crippen molar-refractivity contribution >= 4 is 46.8 Å². The van der Waals surface area contributed by atoms with Crippen molar-refractivity contribution in [3.8, 4) is 11.4 Å². The summed E-state index contributed by atoms with van der Waals surface area (Å²) in [5.41, 5.74) is 7.71. The van der Waals surface area contributed by atoms with Gasteiger partial charge in [-0.25, -0.2) is 34.5 Å². The Morgan fingerprint density at radius 2 is 1.78 bits per heavy atom. The quantitative estimate of drug-likeness (QED) is 0.254. The van der Waals surface area contributed by atoms with Crippen molar-refractivity contribution < 1.29 is 34.0 Å². The second-order valence-electron chi connectivity index (χ2n) is 7.83. The summed E-state index contributed by atoms with van der Waals surface area (Å²) < 4.78 is 16.0. The highest BCUT2D eigenvalue weighted by molar-refractivity contribution is 6.29. The highest BCUT2D eigenvalue weighted by Crippen LogP contribution is 2.31. The lowest BCUT2D eigenvalue weighted by Crippen LogP contribution is -2.37. The van der Waals surface area contributed by atoms with Crippen molar-refractivity contribution in [2.24, 2.45) is 5.92 Å². The van der Waals surface area contributed by atoms with Gasteiger partial charge in [-0.05, 0) is 18.0 Å². The summed E-state index contributed by atoms with van der Waals surface area (Å²) in [4.78, 5) is 42.9. The number of ether oxygens (including phenoxy) is 3. The molecule has 4 N–H and O–H groups in total. The summed E-state index contributed by atoms with van der Waals surface area (Å²) >= 11 is 6.53. The minimum Gasteiger partial charge on any atom is -0.449 e. The third kappa shape index (κ3) is 6.05. The largest absolute Gasteiger partial charge is 0.516 e. The second kappa shape index (κ2) is 11.3. The summed E-state index contributed by atoms with van der Waals surface area (Å²) in [7, 11) is 0. The lowest BCUT2D eigenvalue weighted by atomic mass is 10.1. The molecule has 0 bridgehead atoms. The molecule has 0 aromatic carbocycles. The number of morpholine rings is 1. The van der Waals surface area contributed by atoms with Crippen LogP contribution in [-0.4, -0.2) is 91.5 Å². The molecule has 3 aromatic rings. The Morgan fingerprint density at radius 3 is 2.36 bits per heavy atom. The molecule has 1 unspecified atom stereocenters. The van der Waals surface area contributed by atoms with Crippen molar-refractivity contribution in [2.75, 3.05) is 50.2 Å². The molecular weight excluding hydrogens is 500 g/mol. The number of aromatic nitrogens is 6. The van der Waals surface area contributed by atoms with Crippen LogP contribution in [0.3, 0.4) is 0 Å². The molecule has 2 saturated heterocycles. The number of nitrogens with zero attached hydrogens (tertiary/aromatic N) is 7. The number of fused-ring (bicyclic) bond motifs is 1. The molecule has 1 atom stereocenters. The lowest BCUT2D eigenvalue weighted by Gasteiger charge is -2.28. The molecule has 2 aliphatic heterocycles. The van der Waals surface area contributed by atoms with Gasteiger partial charge in [-0.2, -0.15) is 0 Å².